The van der Waals surface area contributed by atoms with Crippen LogP contribution in [0.4, 0.5) is 0 Å². The molecule has 0 aliphatic rings. The third-order valence-electron chi connectivity index (χ3n) is 2.36. The number of unbranched alkanes of at least 4 members (excludes halogenated alkanes) is 4. The van der Waals surface area contributed by atoms with Gasteiger partial charge in [0.2, 0.25) is 0 Å². The number of nitrogens with two attached hydrogens (primary N) is 1. The fourth-order valence-corrected chi connectivity index (χ4v) is 1.47. The van der Waals surface area contributed by atoms with Gasteiger partial charge >= 0.3 is 0 Å². The fraction of sp³-hybridized carbons (Fsp3) is 1.00. The molecule has 0 aliphatic carbocycles. The molecule has 0 aromatic carbocycles. The van der Waals surface area contributed by atoms with Crippen molar-refractivity contribution in [1.82, 2.24) is 0 Å². The molecule has 2 nitrogen and oxygen atoms in total. The van der Waals surface area contributed by atoms with Gasteiger partial charge in [0.1, 0.15) is 0 Å². The number of hydrogen-bond donors (Lipinski definition) is 1. The summed E-state index contributed by atoms with van der Waals surface area (Å²) >= 11 is 0. The van der Waals surface area contributed by atoms with E-state index in [0.29, 0.717) is 0 Å². The Kier molecular flexibility index (Phi) is 10.9. The molecule has 0 aromatic rings. The summed E-state index contributed by atoms with van der Waals surface area (Å²) in [4.78, 5) is 0. The predicted molar refractivity (Wildman–Crippen MR) is 62.5 cm³/mol. The third-order valence-corrected chi connectivity index (χ3v) is 2.36. The Balaban J connectivity index is 3.06. The second kappa shape index (κ2) is 11.0. The van der Waals surface area contributed by atoms with Crippen LogP contribution in [0.5, 0.6) is 0 Å². The Morgan fingerprint density at radius 2 is 1.71 bits per heavy atom. The minimum Gasteiger partial charge on any atom is -0.380 e. The molecule has 1 unspecified atom stereocenters. The topological polar surface area (TPSA) is 35.2 Å². The van der Waals surface area contributed by atoms with Gasteiger partial charge in [-0.2, -0.15) is 0 Å². The number of rotatable bonds is 10. The van der Waals surface area contributed by atoms with Gasteiger partial charge < -0.3 is 10.5 Å². The van der Waals surface area contributed by atoms with E-state index < -0.39 is 0 Å². The van der Waals surface area contributed by atoms with Crippen molar-refractivity contribution in [3.63, 3.8) is 0 Å². The van der Waals surface area contributed by atoms with Crippen molar-refractivity contribution in [1.29, 1.82) is 0 Å². The highest BCUT2D eigenvalue weighted by atomic mass is 16.5. The lowest BCUT2D eigenvalue weighted by atomic mass is 10.1. The van der Waals surface area contributed by atoms with Gasteiger partial charge in [-0.25, -0.2) is 0 Å². The van der Waals surface area contributed by atoms with Crippen LogP contribution in [0.15, 0.2) is 0 Å². The molecule has 0 saturated carbocycles. The maximum atomic E-state index is 5.90. The van der Waals surface area contributed by atoms with Crippen LogP contribution in [-0.2, 0) is 4.74 Å². The molecule has 0 heterocycles. The zero-order valence-electron chi connectivity index (χ0n) is 9.93. The van der Waals surface area contributed by atoms with Gasteiger partial charge in [0, 0.05) is 12.6 Å². The Labute approximate surface area is 89.2 Å². The molecule has 14 heavy (non-hydrogen) atoms. The first kappa shape index (κ1) is 13.9. The molecule has 0 saturated heterocycles. The van der Waals surface area contributed by atoms with Crippen molar-refractivity contribution in [3.8, 4) is 0 Å². The second-order valence-electron chi connectivity index (χ2n) is 4.04. The molecular weight excluding hydrogens is 174 g/mol. The summed E-state index contributed by atoms with van der Waals surface area (Å²) < 4.78 is 5.40. The summed E-state index contributed by atoms with van der Waals surface area (Å²) in [5, 5.41) is 0. The Bertz CT molecular complexity index is 106. The molecule has 0 radical (unpaired) electrons. The smallest absolute Gasteiger partial charge is 0.0617 e. The molecule has 0 rings (SSSR count). The van der Waals surface area contributed by atoms with Crippen LogP contribution in [0.25, 0.3) is 0 Å². The van der Waals surface area contributed by atoms with Crippen molar-refractivity contribution in [2.45, 2.75) is 64.8 Å². The highest BCUT2D eigenvalue weighted by Gasteiger charge is 2.01. The first-order valence-electron chi connectivity index (χ1n) is 6.14. The number of hydrogen-bond acceptors (Lipinski definition) is 2. The van der Waals surface area contributed by atoms with Crippen LogP contribution in [0.1, 0.15) is 58.8 Å². The second-order valence-corrected chi connectivity index (χ2v) is 4.04. The molecule has 86 valence electrons. The Hall–Kier alpha value is -0.0800. The zero-order valence-corrected chi connectivity index (χ0v) is 9.93. The van der Waals surface area contributed by atoms with E-state index in [1.165, 1.54) is 32.1 Å². The first-order valence-corrected chi connectivity index (χ1v) is 6.14. The maximum Gasteiger partial charge on any atom is 0.0617 e. The lowest BCUT2D eigenvalue weighted by Gasteiger charge is -2.11. The summed E-state index contributed by atoms with van der Waals surface area (Å²) in [6.45, 7) is 5.95. The summed E-state index contributed by atoms with van der Waals surface area (Å²) in [7, 11) is 0. The highest BCUT2D eigenvalue weighted by molar-refractivity contribution is 4.59. The van der Waals surface area contributed by atoms with Gasteiger partial charge in [0.25, 0.3) is 0 Å². The van der Waals surface area contributed by atoms with Crippen molar-refractivity contribution in [2.24, 2.45) is 5.73 Å². The number of ether oxygens (including phenoxy) is 1. The summed E-state index contributed by atoms with van der Waals surface area (Å²) in [6.07, 6.45) is 8.83. The van der Waals surface area contributed by atoms with E-state index in [1.807, 2.05) is 0 Å². The van der Waals surface area contributed by atoms with Crippen LogP contribution < -0.4 is 5.73 Å². The monoisotopic (exact) mass is 201 g/mol. The van der Waals surface area contributed by atoms with Gasteiger partial charge in [-0.3, -0.25) is 0 Å². The minimum absolute atomic E-state index is 0.253. The van der Waals surface area contributed by atoms with Crippen LogP contribution >= 0.6 is 0 Å². The summed E-state index contributed by atoms with van der Waals surface area (Å²) in [5.41, 5.74) is 5.90. The van der Waals surface area contributed by atoms with E-state index in [0.717, 1.165) is 26.1 Å². The lowest BCUT2D eigenvalue weighted by Crippen LogP contribution is -2.26. The zero-order chi connectivity index (χ0) is 10.6. The van der Waals surface area contributed by atoms with E-state index >= 15 is 0 Å². The molecule has 0 aliphatic heterocycles. The maximum absolute atomic E-state index is 5.90. The average molecular weight is 201 g/mol. The molecular formula is C12H27NO. The molecule has 0 spiro atoms. The molecule has 2 N–H and O–H groups in total. The lowest BCUT2D eigenvalue weighted by molar-refractivity contribution is 0.118. The van der Waals surface area contributed by atoms with Crippen LogP contribution in [0.3, 0.4) is 0 Å². The highest BCUT2D eigenvalue weighted by Crippen LogP contribution is 2.06. The SMILES string of the molecule is CCCCCCCC(N)COCCC. The van der Waals surface area contributed by atoms with E-state index in [2.05, 4.69) is 13.8 Å². The first-order chi connectivity index (χ1) is 6.81. The third kappa shape index (κ3) is 10.0. The van der Waals surface area contributed by atoms with Crippen molar-refractivity contribution in [3.05, 3.63) is 0 Å². The molecule has 2 heteroatoms. The Morgan fingerprint density at radius 1 is 1.00 bits per heavy atom. The van der Waals surface area contributed by atoms with Gasteiger partial charge in [0.15, 0.2) is 0 Å². The molecule has 0 amide bonds. The van der Waals surface area contributed by atoms with Gasteiger partial charge in [0.05, 0.1) is 6.61 Å². The quantitative estimate of drug-likeness (QED) is 0.551. The molecule has 1 atom stereocenters. The molecule has 0 fully saturated rings. The van der Waals surface area contributed by atoms with E-state index in [-0.39, 0.29) is 6.04 Å². The van der Waals surface area contributed by atoms with Crippen LogP contribution in [0, 0.1) is 0 Å². The van der Waals surface area contributed by atoms with Crippen LogP contribution in [0.2, 0.25) is 0 Å². The minimum atomic E-state index is 0.253. The van der Waals surface area contributed by atoms with E-state index in [9.17, 15) is 0 Å². The van der Waals surface area contributed by atoms with E-state index in [1.54, 1.807) is 0 Å². The summed E-state index contributed by atoms with van der Waals surface area (Å²) in [6, 6.07) is 0.253. The summed E-state index contributed by atoms with van der Waals surface area (Å²) in [5.74, 6) is 0. The van der Waals surface area contributed by atoms with Crippen molar-refractivity contribution in [2.75, 3.05) is 13.2 Å². The average Bonchev–Trinajstić information content (AvgIpc) is 2.18. The van der Waals surface area contributed by atoms with Gasteiger partial charge in [-0.15, -0.1) is 0 Å². The fourth-order valence-electron chi connectivity index (χ4n) is 1.47. The molecule has 0 bridgehead atoms. The largest absolute Gasteiger partial charge is 0.380 e. The standard InChI is InChI=1S/C12H27NO/c1-3-5-6-7-8-9-12(13)11-14-10-4-2/h12H,3-11,13H2,1-2H3. The normalized spacial score (nSPS) is 13.1. The van der Waals surface area contributed by atoms with Gasteiger partial charge in [-0.05, 0) is 12.8 Å². The van der Waals surface area contributed by atoms with Crippen molar-refractivity contribution < 1.29 is 4.74 Å². The van der Waals surface area contributed by atoms with Crippen molar-refractivity contribution >= 4 is 0 Å². The van der Waals surface area contributed by atoms with E-state index in [4.69, 9.17) is 10.5 Å². The molecule has 0 aromatic heterocycles. The van der Waals surface area contributed by atoms with Crippen LogP contribution in [-0.4, -0.2) is 19.3 Å². The van der Waals surface area contributed by atoms with Gasteiger partial charge in [-0.1, -0.05) is 46.0 Å². The predicted octanol–water partition coefficient (Wildman–Crippen LogP) is 3.10. The Morgan fingerprint density at radius 3 is 2.36 bits per heavy atom.